The van der Waals surface area contributed by atoms with Crippen molar-refractivity contribution < 1.29 is 19.4 Å². The van der Waals surface area contributed by atoms with E-state index in [4.69, 9.17) is 9.47 Å². The largest absolute Gasteiger partial charge is 0.496 e. The second-order valence-electron chi connectivity index (χ2n) is 5.68. The lowest BCUT2D eigenvalue weighted by Gasteiger charge is -2.22. The van der Waals surface area contributed by atoms with Crippen LogP contribution in [0.4, 0.5) is 0 Å². The maximum Gasteiger partial charge on any atom is 0.309 e. The van der Waals surface area contributed by atoms with E-state index in [2.05, 4.69) is 0 Å². The van der Waals surface area contributed by atoms with Gasteiger partial charge >= 0.3 is 5.97 Å². The molecule has 0 atom stereocenters. The molecule has 2 rings (SSSR count). The van der Waals surface area contributed by atoms with E-state index < -0.39 is 11.4 Å². The summed E-state index contributed by atoms with van der Waals surface area (Å²) < 4.78 is 11.0. The monoisotopic (exact) mass is 288 g/mol. The lowest BCUT2D eigenvalue weighted by Crippen LogP contribution is -2.26. The third-order valence-corrected chi connectivity index (χ3v) is 3.67. The van der Waals surface area contributed by atoms with Crippen molar-refractivity contribution in [2.75, 3.05) is 14.2 Å². The zero-order chi connectivity index (χ0) is 15.6. The SMILES string of the molecule is COc1cc(CC(C)(C)C(=O)O)c(OC)c2ccccc12. The molecule has 0 heterocycles. The molecule has 0 bridgehead atoms. The second-order valence-corrected chi connectivity index (χ2v) is 5.68. The lowest BCUT2D eigenvalue weighted by molar-refractivity contribution is -0.146. The maximum atomic E-state index is 11.4. The highest BCUT2D eigenvalue weighted by atomic mass is 16.5. The van der Waals surface area contributed by atoms with Crippen molar-refractivity contribution in [3.63, 3.8) is 0 Å². The van der Waals surface area contributed by atoms with Crippen LogP contribution in [0, 0.1) is 5.41 Å². The highest BCUT2D eigenvalue weighted by Crippen LogP contribution is 2.39. The first-order valence-corrected chi connectivity index (χ1v) is 6.76. The summed E-state index contributed by atoms with van der Waals surface area (Å²) in [5.74, 6) is 0.597. The first-order chi connectivity index (χ1) is 9.90. The molecule has 0 saturated carbocycles. The quantitative estimate of drug-likeness (QED) is 0.914. The van der Waals surface area contributed by atoms with Gasteiger partial charge in [0.05, 0.1) is 19.6 Å². The van der Waals surface area contributed by atoms with Crippen LogP contribution in [0.1, 0.15) is 19.4 Å². The number of fused-ring (bicyclic) bond motifs is 1. The van der Waals surface area contributed by atoms with Crippen LogP contribution in [0.25, 0.3) is 10.8 Å². The summed E-state index contributed by atoms with van der Waals surface area (Å²) in [5.41, 5.74) is -0.0405. The van der Waals surface area contributed by atoms with E-state index in [-0.39, 0.29) is 0 Å². The van der Waals surface area contributed by atoms with E-state index in [0.717, 1.165) is 22.1 Å². The first-order valence-electron chi connectivity index (χ1n) is 6.76. The fourth-order valence-electron chi connectivity index (χ4n) is 2.46. The molecule has 0 saturated heterocycles. The van der Waals surface area contributed by atoms with Crippen LogP contribution in [-0.2, 0) is 11.2 Å². The molecule has 1 N–H and O–H groups in total. The number of ether oxygens (including phenoxy) is 2. The number of carboxylic acid groups (broad SMARTS) is 1. The number of aliphatic carboxylic acids is 1. The number of carboxylic acids is 1. The van der Waals surface area contributed by atoms with Gasteiger partial charge in [-0.05, 0) is 31.9 Å². The second kappa shape index (κ2) is 5.64. The van der Waals surface area contributed by atoms with Crippen molar-refractivity contribution in [1.29, 1.82) is 0 Å². The Morgan fingerprint density at radius 1 is 1.14 bits per heavy atom. The average Bonchev–Trinajstić information content (AvgIpc) is 2.45. The molecule has 0 aliphatic heterocycles. The molecule has 4 nitrogen and oxygen atoms in total. The fourth-order valence-corrected chi connectivity index (χ4v) is 2.46. The normalized spacial score (nSPS) is 11.4. The Hall–Kier alpha value is -2.23. The first kappa shape index (κ1) is 15.2. The average molecular weight is 288 g/mol. The number of hydrogen-bond donors (Lipinski definition) is 1. The predicted octanol–water partition coefficient (Wildman–Crippen LogP) is 3.51. The van der Waals surface area contributed by atoms with Gasteiger partial charge in [-0.1, -0.05) is 24.3 Å². The predicted molar refractivity (Wildman–Crippen MR) is 82.2 cm³/mol. The minimum absolute atomic E-state index is 0.368. The topological polar surface area (TPSA) is 55.8 Å². The van der Waals surface area contributed by atoms with Gasteiger partial charge in [0.1, 0.15) is 11.5 Å². The molecule has 0 amide bonds. The maximum absolute atomic E-state index is 11.4. The van der Waals surface area contributed by atoms with Gasteiger partial charge in [0.15, 0.2) is 0 Å². The molecular formula is C17H20O4. The Labute approximate surface area is 124 Å². The van der Waals surface area contributed by atoms with E-state index in [9.17, 15) is 9.90 Å². The van der Waals surface area contributed by atoms with Crippen molar-refractivity contribution in [2.45, 2.75) is 20.3 Å². The summed E-state index contributed by atoms with van der Waals surface area (Å²) >= 11 is 0. The van der Waals surface area contributed by atoms with E-state index in [0.29, 0.717) is 12.2 Å². The molecule has 0 aliphatic carbocycles. The zero-order valence-corrected chi connectivity index (χ0v) is 12.8. The minimum Gasteiger partial charge on any atom is -0.496 e. The molecular weight excluding hydrogens is 268 g/mol. The van der Waals surface area contributed by atoms with Gasteiger partial charge in [-0.15, -0.1) is 0 Å². The highest BCUT2D eigenvalue weighted by Gasteiger charge is 2.29. The van der Waals surface area contributed by atoms with Gasteiger partial charge in [0.25, 0.3) is 0 Å². The Morgan fingerprint density at radius 2 is 1.76 bits per heavy atom. The smallest absolute Gasteiger partial charge is 0.309 e. The van der Waals surface area contributed by atoms with Gasteiger partial charge in [0.2, 0.25) is 0 Å². The highest BCUT2D eigenvalue weighted by molar-refractivity contribution is 5.94. The molecule has 0 spiro atoms. The van der Waals surface area contributed by atoms with E-state index >= 15 is 0 Å². The van der Waals surface area contributed by atoms with E-state index in [1.807, 2.05) is 30.3 Å². The van der Waals surface area contributed by atoms with Gasteiger partial charge in [-0.25, -0.2) is 0 Å². The third-order valence-electron chi connectivity index (χ3n) is 3.67. The minimum atomic E-state index is -0.874. The summed E-state index contributed by atoms with van der Waals surface area (Å²) in [5, 5.41) is 11.2. The number of carbonyl (C=O) groups is 1. The molecule has 112 valence electrons. The summed E-state index contributed by atoms with van der Waals surface area (Å²) in [7, 11) is 3.21. The molecule has 0 aromatic heterocycles. The number of hydrogen-bond acceptors (Lipinski definition) is 3. The van der Waals surface area contributed by atoms with Crippen LogP contribution < -0.4 is 9.47 Å². The lowest BCUT2D eigenvalue weighted by atomic mass is 9.84. The van der Waals surface area contributed by atoms with Crippen LogP contribution in [0.3, 0.4) is 0 Å². The number of methoxy groups -OCH3 is 2. The number of rotatable bonds is 5. The molecule has 0 aliphatic rings. The van der Waals surface area contributed by atoms with E-state index in [1.54, 1.807) is 28.1 Å². The van der Waals surface area contributed by atoms with Crippen molar-refractivity contribution in [2.24, 2.45) is 5.41 Å². The fraction of sp³-hybridized carbons (Fsp3) is 0.353. The summed E-state index contributed by atoms with van der Waals surface area (Å²) in [6.07, 6.45) is 0.368. The molecule has 4 heteroatoms. The van der Waals surface area contributed by atoms with Crippen molar-refractivity contribution in [3.05, 3.63) is 35.9 Å². The van der Waals surface area contributed by atoms with Crippen LogP contribution >= 0.6 is 0 Å². The van der Waals surface area contributed by atoms with Crippen molar-refractivity contribution in [3.8, 4) is 11.5 Å². The molecule has 0 radical (unpaired) electrons. The summed E-state index contributed by atoms with van der Waals surface area (Å²) in [4.78, 5) is 11.4. The Balaban J connectivity index is 2.66. The Morgan fingerprint density at radius 3 is 2.29 bits per heavy atom. The van der Waals surface area contributed by atoms with Crippen molar-refractivity contribution in [1.82, 2.24) is 0 Å². The van der Waals surface area contributed by atoms with Crippen LogP contribution in [-0.4, -0.2) is 25.3 Å². The molecule has 2 aromatic carbocycles. The molecule has 0 fully saturated rings. The van der Waals surface area contributed by atoms with Crippen LogP contribution in [0.15, 0.2) is 30.3 Å². The van der Waals surface area contributed by atoms with Crippen molar-refractivity contribution >= 4 is 16.7 Å². The molecule has 2 aromatic rings. The molecule has 21 heavy (non-hydrogen) atoms. The third kappa shape index (κ3) is 2.79. The molecule has 0 unspecified atom stereocenters. The zero-order valence-electron chi connectivity index (χ0n) is 12.8. The summed E-state index contributed by atoms with van der Waals surface area (Å²) in [6, 6.07) is 9.64. The van der Waals surface area contributed by atoms with Gasteiger partial charge in [-0.3, -0.25) is 4.79 Å². The Kier molecular flexibility index (Phi) is 4.07. The van der Waals surface area contributed by atoms with Gasteiger partial charge in [0, 0.05) is 10.8 Å². The number of benzene rings is 2. The summed E-state index contributed by atoms with van der Waals surface area (Å²) in [6.45, 7) is 3.41. The Bertz CT molecular complexity index is 674. The van der Waals surface area contributed by atoms with Gasteiger partial charge < -0.3 is 14.6 Å². The van der Waals surface area contributed by atoms with Crippen LogP contribution in [0.5, 0.6) is 11.5 Å². The standard InChI is InChI=1S/C17H20O4/c1-17(2,16(18)19)10-11-9-14(20-3)12-7-5-6-8-13(12)15(11)21-4/h5-9H,10H2,1-4H3,(H,18,19). The van der Waals surface area contributed by atoms with Crippen LogP contribution in [0.2, 0.25) is 0 Å². The van der Waals surface area contributed by atoms with E-state index in [1.165, 1.54) is 0 Å². The van der Waals surface area contributed by atoms with Gasteiger partial charge in [-0.2, -0.15) is 0 Å².